The number of likely N-dealkylation sites (N-methyl/N-ethyl adjacent to an activating group) is 1. The third-order valence-corrected chi connectivity index (χ3v) is 9.19. The molecular weight excluding hydrogens is 701 g/mol. The van der Waals surface area contributed by atoms with E-state index in [2.05, 4.69) is 86.8 Å². The normalized spacial score (nSPS) is 14.4. The van der Waals surface area contributed by atoms with Crippen LogP contribution in [-0.4, -0.2) is 70.0 Å². The molecular formula is C44H76NO8P. The Labute approximate surface area is 329 Å². The van der Waals surface area contributed by atoms with Gasteiger partial charge in [-0.25, -0.2) is 0 Å². The zero-order valence-electron chi connectivity index (χ0n) is 34.6. The van der Waals surface area contributed by atoms with Gasteiger partial charge >= 0.3 is 11.9 Å². The lowest BCUT2D eigenvalue weighted by atomic mass is 10.1. The van der Waals surface area contributed by atoms with Crippen LogP contribution in [0.25, 0.3) is 0 Å². The number of hydrogen-bond acceptors (Lipinski definition) is 8. The molecule has 2 atom stereocenters. The van der Waals surface area contributed by atoms with Crippen LogP contribution in [0.2, 0.25) is 0 Å². The monoisotopic (exact) mass is 778 g/mol. The van der Waals surface area contributed by atoms with Gasteiger partial charge in [0.25, 0.3) is 7.82 Å². The van der Waals surface area contributed by atoms with Gasteiger partial charge in [0.15, 0.2) is 6.10 Å². The molecule has 0 spiro atoms. The van der Waals surface area contributed by atoms with Crippen LogP contribution in [0, 0.1) is 0 Å². The van der Waals surface area contributed by atoms with Crippen LogP contribution in [0.5, 0.6) is 0 Å². The van der Waals surface area contributed by atoms with E-state index in [4.69, 9.17) is 18.5 Å². The highest BCUT2D eigenvalue weighted by Crippen LogP contribution is 2.38. The molecule has 10 heteroatoms. The minimum Gasteiger partial charge on any atom is -0.756 e. The van der Waals surface area contributed by atoms with E-state index >= 15 is 0 Å². The zero-order chi connectivity index (χ0) is 40.0. The van der Waals surface area contributed by atoms with Crippen molar-refractivity contribution in [3.63, 3.8) is 0 Å². The van der Waals surface area contributed by atoms with Crippen LogP contribution in [0.4, 0.5) is 0 Å². The van der Waals surface area contributed by atoms with E-state index in [1.807, 2.05) is 21.1 Å². The maximum atomic E-state index is 12.6. The Morgan fingerprint density at radius 3 is 1.48 bits per heavy atom. The van der Waals surface area contributed by atoms with Gasteiger partial charge in [0, 0.05) is 12.8 Å². The topological polar surface area (TPSA) is 111 Å². The fourth-order valence-electron chi connectivity index (χ4n) is 5.03. The summed E-state index contributed by atoms with van der Waals surface area (Å²) in [7, 11) is 1.13. The molecule has 0 heterocycles. The molecule has 0 aromatic rings. The van der Waals surface area contributed by atoms with Gasteiger partial charge in [0.1, 0.15) is 19.8 Å². The molecule has 310 valence electrons. The van der Waals surface area contributed by atoms with Crippen molar-refractivity contribution in [1.29, 1.82) is 0 Å². The number of rotatable bonds is 36. The van der Waals surface area contributed by atoms with Crippen molar-refractivity contribution < 1.29 is 42.1 Å². The summed E-state index contributed by atoms with van der Waals surface area (Å²) in [5, 5.41) is 0. The van der Waals surface area contributed by atoms with Gasteiger partial charge in [-0.15, -0.1) is 0 Å². The van der Waals surface area contributed by atoms with Gasteiger partial charge in [-0.05, 0) is 77.0 Å². The quantitative estimate of drug-likeness (QED) is 0.0203. The molecule has 0 N–H and O–H groups in total. The maximum absolute atomic E-state index is 12.6. The zero-order valence-corrected chi connectivity index (χ0v) is 35.5. The molecule has 0 bridgehead atoms. The molecule has 0 radical (unpaired) electrons. The minimum atomic E-state index is -4.63. The van der Waals surface area contributed by atoms with E-state index in [0.717, 1.165) is 103 Å². The number of carbonyl (C=O) groups is 2. The molecule has 9 nitrogen and oxygen atoms in total. The molecule has 0 aliphatic rings. The lowest BCUT2D eigenvalue weighted by Gasteiger charge is -2.28. The average Bonchev–Trinajstić information content (AvgIpc) is 3.12. The third-order valence-electron chi connectivity index (χ3n) is 8.22. The summed E-state index contributed by atoms with van der Waals surface area (Å²) in [5.74, 6) is -0.883. The summed E-state index contributed by atoms with van der Waals surface area (Å²) in [6, 6.07) is 0. The Balaban J connectivity index is 4.47. The number of nitrogens with zero attached hydrogens (tertiary/aromatic N) is 1. The Morgan fingerprint density at radius 1 is 0.574 bits per heavy atom. The van der Waals surface area contributed by atoms with E-state index < -0.39 is 32.5 Å². The highest BCUT2D eigenvalue weighted by molar-refractivity contribution is 7.45. The third kappa shape index (κ3) is 39.2. The summed E-state index contributed by atoms with van der Waals surface area (Å²) in [6.07, 6.45) is 43.5. The number of ether oxygens (including phenoxy) is 2. The summed E-state index contributed by atoms with van der Waals surface area (Å²) in [4.78, 5) is 37.5. The molecule has 0 aromatic carbocycles. The van der Waals surface area contributed by atoms with Crippen molar-refractivity contribution in [2.45, 2.75) is 148 Å². The highest BCUT2D eigenvalue weighted by Gasteiger charge is 2.21. The van der Waals surface area contributed by atoms with Crippen LogP contribution in [0.15, 0.2) is 72.9 Å². The Morgan fingerprint density at radius 2 is 1.00 bits per heavy atom. The van der Waals surface area contributed by atoms with Crippen LogP contribution < -0.4 is 4.89 Å². The molecule has 0 saturated heterocycles. The van der Waals surface area contributed by atoms with Crippen molar-refractivity contribution in [1.82, 2.24) is 0 Å². The lowest BCUT2D eigenvalue weighted by Crippen LogP contribution is -2.37. The van der Waals surface area contributed by atoms with Crippen LogP contribution in [0.1, 0.15) is 142 Å². The summed E-state index contributed by atoms with van der Waals surface area (Å²) in [5.41, 5.74) is 0. The molecule has 0 aliphatic heterocycles. The number of carbonyl (C=O) groups excluding carboxylic acids is 2. The standard InChI is InChI=1S/C44H76NO8P/c1-6-8-10-12-14-16-18-20-22-24-26-28-30-32-34-36-43(46)50-40-42(41-52-54(48,49)51-39-38-45(3,4)5)53-44(47)37-35-33-31-29-27-25-23-21-19-17-15-13-11-9-7-2/h8-11,14-17,20-23,42H,6-7,12-13,18-19,24-41H2,1-5H3/b10-8+,11-9+,16-14+,17-15+,22-20+,23-21+/t42-/m1/s1. The molecule has 0 amide bonds. The number of hydrogen-bond donors (Lipinski definition) is 0. The SMILES string of the molecule is CC/C=C/C/C=C/C/C=C/CCCCCCCC(=O)OC[C@H](COP(=O)([O-])OCC[N+](C)(C)C)OC(=O)CCCCCCC/C=C/C/C=C/C/C=C/CC. The lowest BCUT2D eigenvalue weighted by molar-refractivity contribution is -0.870. The fraction of sp³-hybridized carbons (Fsp3) is 0.682. The molecule has 1 unspecified atom stereocenters. The van der Waals surface area contributed by atoms with Gasteiger partial charge in [0.2, 0.25) is 0 Å². The first-order valence-electron chi connectivity index (χ1n) is 20.6. The van der Waals surface area contributed by atoms with Crippen molar-refractivity contribution in [3.8, 4) is 0 Å². The average molecular weight is 778 g/mol. The second-order valence-electron chi connectivity index (χ2n) is 14.6. The predicted molar refractivity (Wildman–Crippen MR) is 222 cm³/mol. The Hall–Kier alpha value is -2.55. The number of phosphoric acid groups is 1. The van der Waals surface area contributed by atoms with Crippen molar-refractivity contribution in [2.75, 3.05) is 47.5 Å². The van der Waals surface area contributed by atoms with Crippen LogP contribution in [-0.2, 0) is 32.7 Å². The van der Waals surface area contributed by atoms with E-state index in [0.29, 0.717) is 23.9 Å². The van der Waals surface area contributed by atoms with Gasteiger partial charge < -0.3 is 27.9 Å². The van der Waals surface area contributed by atoms with E-state index in [-0.39, 0.29) is 26.1 Å². The Bertz CT molecular complexity index is 1150. The maximum Gasteiger partial charge on any atom is 0.306 e. The van der Waals surface area contributed by atoms with Crippen molar-refractivity contribution in [3.05, 3.63) is 72.9 Å². The molecule has 54 heavy (non-hydrogen) atoms. The first-order chi connectivity index (χ1) is 26.0. The Kier molecular flexibility index (Phi) is 34.4. The van der Waals surface area contributed by atoms with Crippen LogP contribution >= 0.6 is 7.82 Å². The van der Waals surface area contributed by atoms with Gasteiger partial charge in [-0.3, -0.25) is 14.2 Å². The first kappa shape index (κ1) is 51.5. The van der Waals surface area contributed by atoms with Crippen molar-refractivity contribution in [2.24, 2.45) is 0 Å². The second-order valence-corrected chi connectivity index (χ2v) is 16.0. The first-order valence-corrected chi connectivity index (χ1v) is 22.1. The summed E-state index contributed by atoms with van der Waals surface area (Å²) in [6.45, 7) is 3.93. The fourth-order valence-corrected chi connectivity index (χ4v) is 5.76. The van der Waals surface area contributed by atoms with E-state index in [1.165, 1.54) is 0 Å². The number of allylic oxidation sites excluding steroid dienone is 12. The van der Waals surface area contributed by atoms with Gasteiger partial charge in [0.05, 0.1) is 27.7 Å². The molecule has 0 aromatic heterocycles. The number of esters is 2. The number of unbranched alkanes of at least 4 members (excludes halogenated alkanes) is 10. The van der Waals surface area contributed by atoms with Crippen molar-refractivity contribution >= 4 is 19.8 Å². The highest BCUT2D eigenvalue weighted by atomic mass is 31.2. The van der Waals surface area contributed by atoms with Crippen LogP contribution in [0.3, 0.4) is 0 Å². The molecule has 0 aliphatic carbocycles. The molecule has 0 fully saturated rings. The van der Waals surface area contributed by atoms with E-state index in [9.17, 15) is 19.0 Å². The van der Waals surface area contributed by atoms with E-state index in [1.54, 1.807) is 0 Å². The smallest absolute Gasteiger partial charge is 0.306 e. The largest absolute Gasteiger partial charge is 0.756 e. The molecule has 0 saturated carbocycles. The number of phosphoric ester groups is 1. The molecule has 0 rings (SSSR count). The number of quaternary nitrogens is 1. The second kappa shape index (κ2) is 36.1. The van der Waals surface area contributed by atoms with Gasteiger partial charge in [-0.1, -0.05) is 125 Å². The minimum absolute atomic E-state index is 0.0414. The van der Waals surface area contributed by atoms with Gasteiger partial charge in [-0.2, -0.15) is 0 Å². The summed E-state index contributed by atoms with van der Waals surface area (Å²) < 4.78 is 33.8. The predicted octanol–water partition coefficient (Wildman–Crippen LogP) is 10.8. The summed E-state index contributed by atoms with van der Waals surface area (Å²) >= 11 is 0.